The van der Waals surface area contributed by atoms with E-state index >= 15 is 0 Å². The molecule has 0 aromatic carbocycles. The molecule has 0 aliphatic heterocycles. The lowest BCUT2D eigenvalue weighted by Gasteiger charge is -2.12. The number of amides is 1. The van der Waals surface area contributed by atoms with Gasteiger partial charge in [0, 0.05) is 33.4 Å². The summed E-state index contributed by atoms with van der Waals surface area (Å²) in [5.74, 6) is -0.0645. The van der Waals surface area contributed by atoms with Crippen LogP contribution in [0.2, 0.25) is 0 Å². The maximum atomic E-state index is 11.3. The van der Waals surface area contributed by atoms with E-state index in [-0.39, 0.29) is 12.0 Å². The maximum Gasteiger partial charge on any atom is 0.248 e. The number of hydrogen-bond donors (Lipinski definition) is 2. The Bertz CT molecular complexity index is 165. The van der Waals surface area contributed by atoms with E-state index in [9.17, 15) is 4.79 Å². The zero-order valence-electron chi connectivity index (χ0n) is 9.84. The predicted octanol–water partition coefficient (Wildman–Crippen LogP) is -0.236. The smallest absolute Gasteiger partial charge is 0.248 e. The summed E-state index contributed by atoms with van der Waals surface area (Å²) in [6, 6.07) is 0. The van der Waals surface area contributed by atoms with Gasteiger partial charge >= 0.3 is 0 Å². The Hall–Kier alpha value is -0.650. The summed E-state index contributed by atoms with van der Waals surface area (Å²) in [5.41, 5.74) is 0. The van der Waals surface area contributed by atoms with Gasteiger partial charge in [0.05, 0.1) is 6.61 Å². The summed E-state index contributed by atoms with van der Waals surface area (Å²) >= 11 is 0. The standard InChI is InChI=1S/C10H22N2O3/c1-4-15-9(2)10(13)12-6-5-11-7-8-14-3/h9,11H,4-8H2,1-3H3,(H,12,13). The molecule has 0 heterocycles. The zero-order chi connectivity index (χ0) is 11.5. The van der Waals surface area contributed by atoms with E-state index in [1.165, 1.54) is 0 Å². The van der Waals surface area contributed by atoms with Crippen LogP contribution in [0.4, 0.5) is 0 Å². The maximum absolute atomic E-state index is 11.3. The van der Waals surface area contributed by atoms with Gasteiger partial charge in [-0.05, 0) is 13.8 Å². The van der Waals surface area contributed by atoms with Crippen LogP contribution in [0.25, 0.3) is 0 Å². The molecular weight excluding hydrogens is 196 g/mol. The summed E-state index contributed by atoms with van der Waals surface area (Å²) in [6.45, 7) is 7.01. The molecule has 90 valence electrons. The fourth-order valence-corrected chi connectivity index (χ4v) is 1.04. The van der Waals surface area contributed by atoms with Crippen molar-refractivity contribution in [1.29, 1.82) is 0 Å². The van der Waals surface area contributed by atoms with Gasteiger partial charge in [0.1, 0.15) is 6.10 Å². The molecule has 0 spiro atoms. The lowest BCUT2D eigenvalue weighted by Crippen LogP contribution is -2.38. The van der Waals surface area contributed by atoms with Gasteiger partial charge in [-0.2, -0.15) is 0 Å². The first-order valence-electron chi connectivity index (χ1n) is 5.31. The number of nitrogens with one attached hydrogen (secondary N) is 2. The van der Waals surface area contributed by atoms with Crippen molar-refractivity contribution >= 4 is 5.91 Å². The first-order valence-corrected chi connectivity index (χ1v) is 5.31. The molecule has 0 aliphatic carbocycles. The molecule has 0 aromatic rings. The van der Waals surface area contributed by atoms with E-state index in [1.807, 2.05) is 6.92 Å². The van der Waals surface area contributed by atoms with E-state index in [1.54, 1.807) is 14.0 Å². The molecule has 1 unspecified atom stereocenters. The minimum atomic E-state index is -0.367. The Kier molecular flexibility index (Phi) is 9.46. The third-order valence-electron chi connectivity index (χ3n) is 1.87. The molecule has 0 bridgehead atoms. The largest absolute Gasteiger partial charge is 0.383 e. The van der Waals surface area contributed by atoms with Crippen molar-refractivity contribution < 1.29 is 14.3 Å². The van der Waals surface area contributed by atoms with E-state index in [0.717, 1.165) is 13.1 Å². The van der Waals surface area contributed by atoms with Gasteiger partial charge in [-0.1, -0.05) is 0 Å². The molecule has 5 nitrogen and oxygen atoms in total. The van der Waals surface area contributed by atoms with Crippen molar-refractivity contribution in [3.05, 3.63) is 0 Å². The molecule has 2 N–H and O–H groups in total. The van der Waals surface area contributed by atoms with Crippen molar-refractivity contribution in [3.63, 3.8) is 0 Å². The fraction of sp³-hybridized carbons (Fsp3) is 0.900. The molecule has 5 heteroatoms. The Morgan fingerprint density at radius 1 is 1.33 bits per heavy atom. The second-order valence-corrected chi connectivity index (χ2v) is 3.13. The molecule has 0 saturated heterocycles. The summed E-state index contributed by atoms with van der Waals surface area (Å²) in [4.78, 5) is 11.3. The highest BCUT2D eigenvalue weighted by atomic mass is 16.5. The third-order valence-corrected chi connectivity index (χ3v) is 1.87. The Labute approximate surface area is 91.5 Å². The SMILES string of the molecule is CCOC(C)C(=O)NCCNCCOC. The van der Waals surface area contributed by atoms with Crippen molar-refractivity contribution in [2.24, 2.45) is 0 Å². The van der Waals surface area contributed by atoms with E-state index in [2.05, 4.69) is 10.6 Å². The topological polar surface area (TPSA) is 59.6 Å². The molecule has 0 aliphatic rings. The van der Waals surface area contributed by atoms with Gasteiger partial charge in [0.15, 0.2) is 0 Å². The van der Waals surface area contributed by atoms with Crippen LogP contribution in [0.5, 0.6) is 0 Å². The molecule has 0 saturated carbocycles. The van der Waals surface area contributed by atoms with Gasteiger partial charge in [-0.3, -0.25) is 4.79 Å². The van der Waals surface area contributed by atoms with Crippen molar-refractivity contribution in [2.75, 3.05) is 40.0 Å². The quantitative estimate of drug-likeness (QED) is 0.525. The molecular formula is C10H22N2O3. The number of hydrogen-bond acceptors (Lipinski definition) is 4. The summed E-state index contributed by atoms with van der Waals surface area (Å²) in [6.07, 6.45) is -0.367. The van der Waals surface area contributed by atoms with E-state index < -0.39 is 0 Å². The minimum absolute atomic E-state index is 0.0645. The Morgan fingerprint density at radius 2 is 2.07 bits per heavy atom. The minimum Gasteiger partial charge on any atom is -0.383 e. The molecule has 15 heavy (non-hydrogen) atoms. The molecule has 0 rings (SSSR count). The molecule has 0 aromatic heterocycles. The van der Waals surface area contributed by atoms with Gasteiger partial charge in [-0.15, -0.1) is 0 Å². The van der Waals surface area contributed by atoms with Gasteiger partial charge in [-0.25, -0.2) is 0 Å². The number of carbonyl (C=O) groups is 1. The third kappa shape index (κ3) is 8.35. The summed E-state index contributed by atoms with van der Waals surface area (Å²) < 4.78 is 10.0. The first kappa shape index (κ1) is 14.3. The molecule has 1 amide bonds. The van der Waals surface area contributed by atoms with Crippen LogP contribution in [0.1, 0.15) is 13.8 Å². The van der Waals surface area contributed by atoms with Gasteiger partial charge in [0.25, 0.3) is 0 Å². The van der Waals surface area contributed by atoms with E-state index in [0.29, 0.717) is 19.8 Å². The Balaban J connectivity index is 3.30. The van der Waals surface area contributed by atoms with Crippen molar-refractivity contribution in [2.45, 2.75) is 20.0 Å². The van der Waals surface area contributed by atoms with Crippen molar-refractivity contribution in [1.82, 2.24) is 10.6 Å². The summed E-state index contributed by atoms with van der Waals surface area (Å²) in [5, 5.41) is 5.91. The second kappa shape index (κ2) is 9.89. The highest BCUT2D eigenvalue weighted by molar-refractivity contribution is 5.80. The lowest BCUT2D eigenvalue weighted by molar-refractivity contribution is -0.131. The number of ether oxygens (including phenoxy) is 2. The summed E-state index contributed by atoms with van der Waals surface area (Å²) in [7, 11) is 1.66. The number of rotatable bonds is 9. The van der Waals surface area contributed by atoms with Gasteiger partial charge < -0.3 is 20.1 Å². The number of methoxy groups -OCH3 is 1. The van der Waals surface area contributed by atoms with Crippen LogP contribution in [0.15, 0.2) is 0 Å². The average molecular weight is 218 g/mol. The van der Waals surface area contributed by atoms with Crippen LogP contribution in [0.3, 0.4) is 0 Å². The zero-order valence-corrected chi connectivity index (χ0v) is 9.84. The fourth-order valence-electron chi connectivity index (χ4n) is 1.04. The van der Waals surface area contributed by atoms with Crippen LogP contribution < -0.4 is 10.6 Å². The average Bonchev–Trinajstić information content (AvgIpc) is 2.23. The van der Waals surface area contributed by atoms with Crippen LogP contribution in [-0.4, -0.2) is 52.0 Å². The van der Waals surface area contributed by atoms with E-state index in [4.69, 9.17) is 9.47 Å². The normalized spacial score (nSPS) is 12.5. The molecule has 0 radical (unpaired) electrons. The Morgan fingerprint density at radius 3 is 2.67 bits per heavy atom. The highest BCUT2D eigenvalue weighted by Crippen LogP contribution is 1.88. The van der Waals surface area contributed by atoms with Crippen molar-refractivity contribution in [3.8, 4) is 0 Å². The number of carbonyl (C=O) groups excluding carboxylic acids is 1. The highest BCUT2D eigenvalue weighted by Gasteiger charge is 2.10. The van der Waals surface area contributed by atoms with Crippen LogP contribution in [0, 0.1) is 0 Å². The second-order valence-electron chi connectivity index (χ2n) is 3.13. The predicted molar refractivity (Wildman–Crippen MR) is 58.8 cm³/mol. The van der Waals surface area contributed by atoms with Crippen LogP contribution >= 0.6 is 0 Å². The lowest BCUT2D eigenvalue weighted by atomic mass is 10.3. The molecule has 1 atom stereocenters. The van der Waals surface area contributed by atoms with Crippen LogP contribution in [-0.2, 0) is 14.3 Å². The molecule has 0 fully saturated rings. The van der Waals surface area contributed by atoms with Gasteiger partial charge in [0.2, 0.25) is 5.91 Å². The first-order chi connectivity index (χ1) is 7.22. The monoisotopic (exact) mass is 218 g/mol.